The monoisotopic (exact) mass is 457 g/mol. The quantitative estimate of drug-likeness (QED) is 0.612. The molecule has 1 aromatic carbocycles. The van der Waals surface area contributed by atoms with Crippen LogP contribution in [0.2, 0.25) is 5.02 Å². The number of nitrogens with zero attached hydrogens (tertiary/aromatic N) is 2. The topological polar surface area (TPSA) is 91.8 Å². The summed E-state index contributed by atoms with van der Waals surface area (Å²) < 4.78 is 5.77. The van der Waals surface area contributed by atoms with Gasteiger partial charge < -0.3 is 20.1 Å². The van der Waals surface area contributed by atoms with Gasteiger partial charge in [-0.15, -0.1) is 11.3 Å². The Morgan fingerprint density at radius 1 is 1.32 bits per heavy atom. The number of aliphatic hydroxyl groups is 1. The zero-order valence-electron chi connectivity index (χ0n) is 16.7. The van der Waals surface area contributed by atoms with Crippen LogP contribution in [0.25, 0.3) is 10.6 Å². The molecule has 0 atom stereocenters. The number of nitrogens with one attached hydrogen (secondary N) is 1. The molecule has 3 aromatic rings. The summed E-state index contributed by atoms with van der Waals surface area (Å²) in [6, 6.07) is 10.3. The summed E-state index contributed by atoms with van der Waals surface area (Å²) in [6.45, 7) is 0.337. The maximum Gasteiger partial charge on any atom is 0.268 e. The van der Waals surface area contributed by atoms with E-state index < -0.39 is 0 Å². The molecule has 0 radical (unpaired) electrons. The van der Waals surface area contributed by atoms with Gasteiger partial charge >= 0.3 is 0 Å². The Morgan fingerprint density at radius 2 is 2.16 bits per heavy atom. The van der Waals surface area contributed by atoms with Gasteiger partial charge in [-0.25, -0.2) is 0 Å². The molecule has 160 valence electrons. The van der Waals surface area contributed by atoms with Crippen LogP contribution in [-0.4, -0.2) is 48.7 Å². The Kier molecular flexibility index (Phi) is 6.22. The highest BCUT2D eigenvalue weighted by atomic mass is 35.5. The predicted octanol–water partition coefficient (Wildman–Crippen LogP) is 3.40. The third-order valence-corrected chi connectivity index (χ3v) is 6.41. The molecule has 0 unspecified atom stereocenters. The van der Waals surface area contributed by atoms with Crippen molar-refractivity contribution in [3.05, 3.63) is 63.6 Å². The first-order valence-corrected chi connectivity index (χ1v) is 10.9. The van der Waals surface area contributed by atoms with Gasteiger partial charge in [-0.3, -0.25) is 14.6 Å². The number of benzene rings is 1. The van der Waals surface area contributed by atoms with Crippen molar-refractivity contribution in [1.29, 1.82) is 0 Å². The number of ether oxygens (including phenoxy) is 1. The summed E-state index contributed by atoms with van der Waals surface area (Å²) in [4.78, 5) is 32.6. The molecule has 0 aliphatic carbocycles. The summed E-state index contributed by atoms with van der Waals surface area (Å²) >= 11 is 7.75. The highest BCUT2D eigenvalue weighted by Gasteiger charge is 2.26. The third-order valence-electron chi connectivity index (χ3n) is 4.93. The molecule has 2 aromatic heterocycles. The molecule has 3 heterocycles. The molecule has 2 amide bonds. The molecule has 1 aliphatic rings. The molecule has 0 saturated carbocycles. The van der Waals surface area contributed by atoms with Crippen molar-refractivity contribution in [3.8, 4) is 16.3 Å². The fourth-order valence-corrected chi connectivity index (χ4v) is 4.89. The maximum absolute atomic E-state index is 13.4. The van der Waals surface area contributed by atoms with E-state index >= 15 is 0 Å². The van der Waals surface area contributed by atoms with Gasteiger partial charge in [0.15, 0.2) is 0 Å². The minimum atomic E-state index is -0.278. The van der Waals surface area contributed by atoms with E-state index in [1.807, 2.05) is 18.2 Å². The van der Waals surface area contributed by atoms with E-state index in [9.17, 15) is 14.7 Å². The van der Waals surface area contributed by atoms with Crippen LogP contribution in [0.4, 0.5) is 5.69 Å². The van der Waals surface area contributed by atoms with Gasteiger partial charge in [-0.2, -0.15) is 0 Å². The number of aliphatic hydroxyl groups excluding tert-OH is 1. The zero-order chi connectivity index (χ0) is 22.0. The van der Waals surface area contributed by atoms with Crippen molar-refractivity contribution in [2.45, 2.75) is 6.42 Å². The number of anilines is 1. The van der Waals surface area contributed by atoms with Gasteiger partial charge in [0, 0.05) is 31.8 Å². The van der Waals surface area contributed by atoms with E-state index in [1.54, 1.807) is 18.3 Å². The number of halogens is 1. The van der Waals surface area contributed by atoms with Crippen LogP contribution in [-0.2, 0) is 6.42 Å². The van der Waals surface area contributed by atoms with E-state index in [-0.39, 0.29) is 30.0 Å². The van der Waals surface area contributed by atoms with Crippen molar-refractivity contribution >= 4 is 40.4 Å². The van der Waals surface area contributed by atoms with Gasteiger partial charge in [0.2, 0.25) is 0 Å². The van der Waals surface area contributed by atoms with Crippen LogP contribution in [0, 0.1) is 0 Å². The number of aromatic nitrogens is 1. The molecule has 2 N–H and O–H groups in total. The van der Waals surface area contributed by atoms with Crippen molar-refractivity contribution in [2.24, 2.45) is 0 Å². The fourth-order valence-electron chi connectivity index (χ4n) is 3.44. The van der Waals surface area contributed by atoms with E-state index in [0.717, 1.165) is 16.1 Å². The van der Waals surface area contributed by atoms with Crippen molar-refractivity contribution in [3.63, 3.8) is 0 Å². The standard InChI is InChI=1S/C22H20ClN3O4S/c1-24-21(28)14-4-5-16(15(23)11-14)26(8-9-27)22(29)18-12-13-6-10-30-17-3-2-7-25-19(17)20(13)31-18/h2-5,7,11-12,27H,6,8-10H2,1H3,(H,24,28). The SMILES string of the molecule is CNC(=O)c1ccc(N(CCO)C(=O)c2cc3c(s2)-c2ncccc2OCC3)c(Cl)c1. The minimum absolute atomic E-state index is 0.0678. The first-order chi connectivity index (χ1) is 15.0. The largest absolute Gasteiger partial charge is 0.491 e. The molecule has 31 heavy (non-hydrogen) atoms. The van der Waals surface area contributed by atoms with Gasteiger partial charge in [0.1, 0.15) is 11.4 Å². The number of hydrogen-bond donors (Lipinski definition) is 2. The molecule has 0 bridgehead atoms. The summed E-state index contributed by atoms with van der Waals surface area (Å²) in [5.41, 5.74) is 2.54. The number of amides is 2. The van der Waals surface area contributed by atoms with Crippen LogP contribution in [0.15, 0.2) is 42.6 Å². The molecular formula is C22H20ClN3O4S. The minimum Gasteiger partial charge on any atom is -0.491 e. The van der Waals surface area contributed by atoms with E-state index in [0.29, 0.717) is 34.9 Å². The Hall–Kier alpha value is -2.94. The number of carbonyl (C=O) groups excluding carboxylic acids is 2. The number of thiophene rings is 1. The smallest absolute Gasteiger partial charge is 0.268 e. The summed E-state index contributed by atoms with van der Waals surface area (Å²) in [6.07, 6.45) is 2.36. The number of pyridine rings is 1. The summed E-state index contributed by atoms with van der Waals surface area (Å²) in [5.74, 6) is 0.145. The lowest BCUT2D eigenvalue weighted by Gasteiger charge is -2.22. The van der Waals surface area contributed by atoms with Crippen LogP contribution in [0.3, 0.4) is 0 Å². The number of rotatable bonds is 5. The van der Waals surface area contributed by atoms with Gasteiger partial charge in [-0.1, -0.05) is 11.6 Å². The average Bonchev–Trinajstić information content (AvgIpc) is 3.13. The highest BCUT2D eigenvalue weighted by Crippen LogP contribution is 2.40. The number of carbonyl (C=O) groups is 2. The molecule has 4 rings (SSSR count). The summed E-state index contributed by atoms with van der Waals surface area (Å²) in [5, 5.41) is 12.4. The first-order valence-electron chi connectivity index (χ1n) is 9.68. The molecule has 1 aliphatic heterocycles. The Morgan fingerprint density at radius 3 is 2.90 bits per heavy atom. The molecule has 0 saturated heterocycles. The lowest BCUT2D eigenvalue weighted by atomic mass is 10.1. The Balaban J connectivity index is 1.71. The maximum atomic E-state index is 13.4. The fraction of sp³-hybridized carbons (Fsp3) is 0.227. The van der Waals surface area contributed by atoms with E-state index in [1.165, 1.54) is 29.4 Å². The van der Waals surface area contributed by atoms with Crippen LogP contribution >= 0.6 is 22.9 Å². The molecule has 0 fully saturated rings. The lowest BCUT2D eigenvalue weighted by Crippen LogP contribution is -2.33. The normalized spacial score (nSPS) is 12.2. The number of hydrogen-bond acceptors (Lipinski definition) is 6. The second-order valence-corrected chi connectivity index (χ2v) is 8.30. The third kappa shape index (κ3) is 4.14. The van der Waals surface area contributed by atoms with Gasteiger partial charge in [-0.05, 0) is 42.0 Å². The molecule has 0 spiro atoms. The first kappa shape index (κ1) is 21.3. The summed E-state index contributed by atoms with van der Waals surface area (Å²) in [7, 11) is 1.53. The molecule has 9 heteroatoms. The molecular weight excluding hydrogens is 438 g/mol. The van der Waals surface area contributed by atoms with Crippen molar-refractivity contribution in [2.75, 3.05) is 31.7 Å². The van der Waals surface area contributed by atoms with Crippen LogP contribution < -0.4 is 15.0 Å². The number of fused-ring (bicyclic) bond motifs is 3. The van der Waals surface area contributed by atoms with Gasteiger partial charge in [0.05, 0.1) is 33.7 Å². The van der Waals surface area contributed by atoms with Crippen molar-refractivity contribution in [1.82, 2.24) is 10.3 Å². The predicted molar refractivity (Wildman–Crippen MR) is 120 cm³/mol. The van der Waals surface area contributed by atoms with Crippen molar-refractivity contribution < 1.29 is 19.4 Å². The molecule has 7 nitrogen and oxygen atoms in total. The lowest BCUT2D eigenvalue weighted by molar-refractivity contribution is 0.0961. The van der Waals surface area contributed by atoms with E-state index in [4.69, 9.17) is 16.3 Å². The Labute approximate surface area is 188 Å². The van der Waals surface area contributed by atoms with Crippen LogP contribution in [0.5, 0.6) is 5.75 Å². The van der Waals surface area contributed by atoms with E-state index in [2.05, 4.69) is 10.3 Å². The van der Waals surface area contributed by atoms with Gasteiger partial charge in [0.25, 0.3) is 11.8 Å². The highest BCUT2D eigenvalue weighted by molar-refractivity contribution is 7.17. The zero-order valence-corrected chi connectivity index (χ0v) is 18.3. The Bertz CT molecular complexity index is 1150. The average molecular weight is 458 g/mol. The van der Waals surface area contributed by atoms with Crippen LogP contribution in [0.1, 0.15) is 25.6 Å². The second-order valence-electron chi connectivity index (χ2n) is 6.84. The second kappa shape index (κ2) is 9.05.